The quantitative estimate of drug-likeness (QED) is 0.658. The van der Waals surface area contributed by atoms with E-state index in [0.717, 1.165) is 4.31 Å². The van der Waals surface area contributed by atoms with Crippen molar-refractivity contribution in [3.63, 3.8) is 0 Å². The molecular weight excluding hydrogens is 402 g/mol. The SMILES string of the molecule is COc1ccc(S(=O)(=O)N([C@@H]2CCS(=O)(=O)C2)[C@H]2CCS(=O)(=O)C2)cc1. The number of sulfone groups is 2. The number of hydrogen-bond donors (Lipinski definition) is 0. The first-order chi connectivity index (χ1) is 12.0. The van der Waals surface area contributed by atoms with Gasteiger partial charge in [-0.1, -0.05) is 0 Å². The van der Waals surface area contributed by atoms with Crippen molar-refractivity contribution in [3.8, 4) is 5.75 Å². The van der Waals surface area contributed by atoms with Crippen LogP contribution in [0.25, 0.3) is 0 Å². The molecule has 2 aliphatic heterocycles. The predicted molar refractivity (Wildman–Crippen MR) is 96.1 cm³/mol. The lowest BCUT2D eigenvalue weighted by atomic mass is 10.2. The van der Waals surface area contributed by atoms with Gasteiger partial charge < -0.3 is 4.74 Å². The van der Waals surface area contributed by atoms with Gasteiger partial charge in [0.15, 0.2) is 19.7 Å². The Hall–Kier alpha value is -1.17. The molecule has 0 saturated carbocycles. The van der Waals surface area contributed by atoms with E-state index in [2.05, 4.69) is 0 Å². The first kappa shape index (κ1) is 19.6. The van der Waals surface area contributed by atoms with Gasteiger partial charge in [-0.25, -0.2) is 25.3 Å². The third-order valence-corrected chi connectivity index (χ3v) is 10.3. The second-order valence-corrected chi connectivity index (χ2v) is 12.9. The van der Waals surface area contributed by atoms with Crippen LogP contribution >= 0.6 is 0 Å². The molecule has 8 nitrogen and oxygen atoms in total. The van der Waals surface area contributed by atoms with E-state index in [1.54, 1.807) is 0 Å². The molecule has 26 heavy (non-hydrogen) atoms. The molecule has 2 fully saturated rings. The zero-order valence-corrected chi connectivity index (χ0v) is 16.7. The van der Waals surface area contributed by atoms with Crippen LogP contribution in [0, 0.1) is 0 Å². The molecule has 3 rings (SSSR count). The zero-order valence-electron chi connectivity index (χ0n) is 14.2. The molecule has 146 valence electrons. The van der Waals surface area contributed by atoms with E-state index in [4.69, 9.17) is 4.74 Å². The largest absolute Gasteiger partial charge is 0.497 e. The number of benzene rings is 1. The van der Waals surface area contributed by atoms with Crippen LogP contribution in [0.3, 0.4) is 0 Å². The number of ether oxygens (including phenoxy) is 1. The van der Waals surface area contributed by atoms with Crippen molar-refractivity contribution < 1.29 is 30.0 Å². The number of methoxy groups -OCH3 is 1. The number of sulfonamides is 1. The molecule has 0 N–H and O–H groups in total. The summed E-state index contributed by atoms with van der Waals surface area (Å²) in [4.78, 5) is -0.00750. The molecule has 11 heteroatoms. The van der Waals surface area contributed by atoms with Crippen molar-refractivity contribution >= 4 is 29.7 Å². The first-order valence-corrected chi connectivity index (χ1v) is 13.2. The summed E-state index contributed by atoms with van der Waals surface area (Å²) in [6, 6.07) is 4.28. The van der Waals surface area contributed by atoms with Crippen molar-refractivity contribution in [1.82, 2.24) is 4.31 Å². The zero-order chi connectivity index (χ0) is 19.2. The van der Waals surface area contributed by atoms with Gasteiger partial charge in [0, 0.05) is 12.1 Å². The molecular formula is C15H21NO7S3. The van der Waals surface area contributed by atoms with E-state index in [-0.39, 0.29) is 40.7 Å². The lowest BCUT2D eigenvalue weighted by Crippen LogP contribution is -2.48. The van der Waals surface area contributed by atoms with Gasteiger partial charge in [-0.15, -0.1) is 0 Å². The van der Waals surface area contributed by atoms with Gasteiger partial charge in [0.1, 0.15) is 5.75 Å². The van der Waals surface area contributed by atoms with E-state index >= 15 is 0 Å². The molecule has 0 spiro atoms. The van der Waals surface area contributed by atoms with E-state index in [9.17, 15) is 25.3 Å². The van der Waals surface area contributed by atoms with Crippen molar-refractivity contribution in [1.29, 1.82) is 0 Å². The van der Waals surface area contributed by atoms with Crippen LogP contribution in [0.2, 0.25) is 0 Å². The number of hydrogen-bond acceptors (Lipinski definition) is 7. The fraction of sp³-hybridized carbons (Fsp3) is 0.600. The molecule has 0 unspecified atom stereocenters. The number of nitrogens with zero attached hydrogens (tertiary/aromatic N) is 1. The Balaban J connectivity index is 2.01. The molecule has 0 bridgehead atoms. The van der Waals surface area contributed by atoms with Crippen LogP contribution in [-0.2, 0) is 29.7 Å². The highest BCUT2D eigenvalue weighted by molar-refractivity contribution is 7.92. The first-order valence-electron chi connectivity index (χ1n) is 8.12. The molecule has 0 radical (unpaired) electrons. The summed E-state index contributed by atoms with van der Waals surface area (Å²) in [6.45, 7) is 0. The standard InChI is InChI=1S/C15H21NO7S3/c1-23-14-2-4-15(5-3-14)26(21,22)16(12-6-8-24(17,18)10-12)13-7-9-25(19,20)11-13/h2-5,12-13H,6-11H2,1H3/t12-,13+. The molecule has 0 amide bonds. The Morgan fingerprint density at radius 2 is 1.38 bits per heavy atom. The third kappa shape index (κ3) is 3.90. The third-order valence-electron chi connectivity index (χ3n) is 4.77. The van der Waals surface area contributed by atoms with Gasteiger partial charge in [-0.3, -0.25) is 0 Å². The average Bonchev–Trinajstić information content (AvgIpc) is 3.09. The lowest BCUT2D eigenvalue weighted by Gasteiger charge is -2.32. The van der Waals surface area contributed by atoms with E-state index in [1.165, 1.54) is 31.4 Å². The van der Waals surface area contributed by atoms with Crippen LogP contribution in [0.1, 0.15) is 12.8 Å². The van der Waals surface area contributed by atoms with Gasteiger partial charge in [-0.2, -0.15) is 4.31 Å². The maximum Gasteiger partial charge on any atom is 0.243 e. The lowest BCUT2D eigenvalue weighted by molar-refractivity contribution is 0.280. The van der Waals surface area contributed by atoms with Gasteiger partial charge >= 0.3 is 0 Å². The topological polar surface area (TPSA) is 115 Å². The summed E-state index contributed by atoms with van der Waals surface area (Å²) < 4.78 is 80.1. The second-order valence-electron chi connectivity index (χ2n) is 6.62. The summed E-state index contributed by atoms with van der Waals surface area (Å²) in [7, 11) is -9.24. The fourth-order valence-corrected chi connectivity index (χ4v) is 8.99. The fourth-order valence-electron chi connectivity index (χ4n) is 3.51. The molecule has 0 aliphatic carbocycles. The van der Waals surface area contributed by atoms with Crippen LogP contribution in [0.15, 0.2) is 29.2 Å². The Kier molecular flexibility index (Phi) is 5.10. The van der Waals surface area contributed by atoms with Gasteiger partial charge in [0.25, 0.3) is 0 Å². The molecule has 2 atom stereocenters. The molecule has 1 aromatic carbocycles. The maximum atomic E-state index is 13.2. The summed E-state index contributed by atoms with van der Waals surface area (Å²) in [5.41, 5.74) is 0. The highest BCUT2D eigenvalue weighted by Gasteiger charge is 2.45. The van der Waals surface area contributed by atoms with Crippen molar-refractivity contribution in [2.24, 2.45) is 0 Å². The summed E-state index contributed by atoms with van der Waals surface area (Å²) in [5.74, 6) is -0.252. The van der Waals surface area contributed by atoms with Crippen molar-refractivity contribution in [2.45, 2.75) is 29.8 Å². The average molecular weight is 424 g/mol. The van der Waals surface area contributed by atoms with Crippen LogP contribution < -0.4 is 4.74 Å². The second kappa shape index (κ2) is 6.77. The molecule has 2 heterocycles. The van der Waals surface area contributed by atoms with E-state index < -0.39 is 41.8 Å². The minimum Gasteiger partial charge on any atom is -0.497 e. The molecule has 0 aromatic heterocycles. The van der Waals surface area contributed by atoms with E-state index in [1.807, 2.05) is 0 Å². The number of rotatable bonds is 5. The highest BCUT2D eigenvalue weighted by atomic mass is 32.2. The van der Waals surface area contributed by atoms with Crippen molar-refractivity contribution in [2.75, 3.05) is 30.1 Å². The molecule has 2 saturated heterocycles. The monoisotopic (exact) mass is 423 g/mol. The van der Waals surface area contributed by atoms with Crippen LogP contribution in [0.4, 0.5) is 0 Å². The van der Waals surface area contributed by atoms with Crippen molar-refractivity contribution in [3.05, 3.63) is 24.3 Å². The Morgan fingerprint density at radius 1 is 0.923 bits per heavy atom. The minimum atomic E-state index is -4.04. The van der Waals surface area contributed by atoms with Crippen LogP contribution in [0.5, 0.6) is 5.75 Å². The normalized spacial score (nSPS) is 27.6. The Morgan fingerprint density at radius 3 is 1.73 bits per heavy atom. The van der Waals surface area contributed by atoms with Gasteiger partial charge in [-0.05, 0) is 37.1 Å². The van der Waals surface area contributed by atoms with Crippen LogP contribution in [-0.4, -0.2) is 71.8 Å². The smallest absolute Gasteiger partial charge is 0.243 e. The summed E-state index contributed by atoms with van der Waals surface area (Å²) in [5, 5.41) is 0. The maximum absolute atomic E-state index is 13.2. The Labute approximate surface area is 154 Å². The molecule has 1 aromatic rings. The highest BCUT2D eigenvalue weighted by Crippen LogP contribution is 2.32. The predicted octanol–water partition coefficient (Wildman–Crippen LogP) is 0.0601. The Bertz CT molecular complexity index is 938. The van der Waals surface area contributed by atoms with Gasteiger partial charge in [0.2, 0.25) is 10.0 Å². The van der Waals surface area contributed by atoms with E-state index in [0.29, 0.717) is 5.75 Å². The molecule has 2 aliphatic rings. The van der Waals surface area contributed by atoms with Gasteiger partial charge in [0.05, 0.1) is 35.0 Å². The minimum absolute atomic E-state index is 0.00750. The summed E-state index contributed by atoms with van der Waals surface area (Å²) in [6.07, 6.45) is 0.350. The summed E-state index contributed by atoms with van der Waals surface area (Å²) >= 11 is 0.